The van der Waals surface area contributed by atoms with Crippen LogP contribution in [0.15, 0.2) is 84.9 Å². The molecule has 0 amide bonds. The van der Waals surface area contributed by atoms with Gasteiger partial charge in [-0.1, -0.05) is 89.7 Å². The number of benzene rings is 3. The minimum Gasteiger partial charge on any atom is -1.00 e. The van der Waals surface area contributed by atoms with Crippen molar-refractivity contribution in [1.29, 1.82) is 0 Å². The molecule has 0 bridgehead atoms. The van der Waals surface area contributed by atoms with Gasteiger partial charge in [-0.3, -0.25) is 0 Å². The number of aryl methyl sites for hydroxylation is 1. The topological polar surface area (TPSA) is 24.9 Å². The zero-order valence-electron chi connectivity index (χ0n) is 14.3. The highest BCUT2D eigenvalue weighted by Crippen LogP contribution is 2.39. The number of nitrogens with zero attached hydrogens (tertiary/aromatic N) is 1. The van der Waals surface area contributed by atoms with Gasteiger partial charge in [0.1, 0.15) is 0 Å². The summed E-state index contributed by atoms with van der Waals surface area (Å²) in [4.78, 5) is 6.07. The van der Waals surface area contributed by atoms with Crippen LogP contribution >= 0.6 is 11.3 Å². The number of para-hydroxylation sites is 1. The summed E-state index contributed by atoms with van der Waals surface area (Å²) < 4.78 is 0. The normalized spacial score (nSPS) is 10.2. The van der Waals surface area contributed by atoms with Gasteiger partial charge in [-0.15, -0.1) is 0 Å². The second kappa shape index (κ2) is 8.30. The molecule has 0 spiro atoms. The average molecular weight is 422 g/mol. The lowest BCUT2D eigenvalue weighted by molar-refractivity contribution is -0.00000488. The standard InChI is InChI=1S/C22H18N2S.BrH/c1-16-12-14-17(15-13-16)20-21(18-8-4-2-5-9-18)25-22(24-20)23-19-10-6-3-7-11-19;/h2-15H,1H3,(H,23,24);1H/p-1. The van der Waals surface area contributed by atoms with E-state index in [0.717, 1.165) is 22.1 Å². The number of nitrogens with one attached hydrogen (secondary N) is 1. The zero-order valence-corrected chi connectivity index (χ0v) is 16.7. The Morgan fingerprint density at radius 1 is 0.731 bits per heavy atom. The number of halogens is 1. The summed E-state index contributed by atoms with van der Waals surface area (Å²) >= 11 is 1.68. The first-order valence-corrected chi connectivity index (χ1v) is 9.06. The van der Waals surface area contributed by atoms with Gasteiger partial charge in [0.15, 0.2) is 5.13 Å². The summed E-state index contributed by atoms with van der Waals surface area (Å²) in [5, 5.41) is 4.33. The van der Waals surface area contributed by atoms with Crippen molar-refractivity contribution in [2.75, 3.05) is 5.32 Å². The second-order valence-corrected chi connectivity index (χ2v) is 6.92. The van der Waals surface area contributed by atoms with Gasteiger partial charge >= 0.3 is 0 Å². The summed E-state index contributed by atoms with van der Waals surface area (Å²) in [6.45, 7) is 2.10. The maximum absolute atomic E-state index is 4.89. The summed E-state index contributed by atoms with van der Waals surface area (Å²) in [7, 11) is 0. The largest absolute Gasteiger partial charge is 1.00 e. The molecule has 0 atom stereocenters. The summed E-state index contributed by atoms with van der Waals surface area (Å²) in [6.07, 6.45) is 0. The number of aromatic nitrogens is 1. The van der Waals surface area contributed by atoms with E-state index in [1.165, 1.54) is 16.0 Å². The van der Waals surface area contributed by atoms with Crippen LogP contribution in [-0.4, -0.2) is 4.98 Å². The van der Waals surface area contributed by atoms with E-state index in [-0.39, 0.29) is 17.0 Å². The monoisotopic (exact) mass is 421 g/mol. The number of rotatable bonds is 4. The molecule has 130 valence electrons. The predicted octanol–water partition coefficient (Wildman–Crippen LogP) is 3.53. The van der Waals surface area contributed by atoms with Crippen molar-refractivity contribution < 1.29 is 17.0 Å². The fourth-order valence-corrected chi connectivity index (χ4v) is 3.72. The molecule has 0 saturated carbocycles. The predicted molar refractivity (Wildman–Crippen MR) is 107 cm³/mol. The van der Waals surface area contributed by atoms with E-state index in [9.17, 15) is 0 Å². The lowest BCUT2D eigenvalue weighted by atomic mass is 10.1. The van der Waals surface area contributed by atoms with Crippen LogP contribution in [0.2, 0.25) is 0 Å². The molecular formula is C22H18BrN2S-. The van der Waals surface area contributed by atoms with Gasteiger partial charge in [-0.2, -0.15) is 0 Å². The Morgan fingerprint density at radius 2 is 1.35 bits per heavy atom. The van der Waals surface area contributed by atoms with Crippen molar-refractivity contribution in [3.63, 3.8) is 0 Å². The van der Waals surface area contributed by atoms with Crippen molar-refractivity contribution in [2.24, 2.45) is 0 Å². The summed E-state index contributed by atoms with van der Waals surface area (Å²) in [5.41, 5.74) is 5.65. The van der Waals surface area contributed by atoms with E-state index in [2.05, 4.69) is 72.9 Å². The third kappa shape index (κ3) is 4.03. The van der Waals surface area contributed by atoms with Crippen LogP contribution in [0.5, 0.6) is 0 Å². The molecule has 0 aliphatic carbocycles. The molecule has 26 heavy (non-hydrogen) atoms. The number of hydrogen-bond donors (Lipinski definition) is 1. The van der Waals surface area contributed by atoms with Crippen molar-refractivity contribution in [3.05, 3.63) is 90.5 Å². The quantitative estimate of drug-likeness (QED) is 0.544. The molecule has 0 aliphatic rings. The smallest absolute Gasteiger partial charge is 0.188 e. The Hall–Kier alpha value is -2.43. The van der Waals surface area contributed by atoms with Crippen LogP contribution in [0.3, 0.4) is 0 Å². The fraction of sp³-hybridized carbons (Fsp3) is 0.0455. The minimum atomic E-state index is 0. The number of hydrogen-bond acceptors (Lipinski definition) is 3. The van der Waals surface area contributed by atoms with Crippen LogP contribution in [-0.2, 0) is 0 Å². The maximum Gasteiger partial charge on any atom is 0.188 e. The van der Waals surface area contributed by atoms with Crippen molar-refractivity contribution in [2.45, 2.75) is 6.92 Å². The van der Waals surface area contributed by atoms with E-state index >= 15 is 0 Å². The second-order valence-electron chi connectivity index (χ2n) is 5.92. The summed E-state index contributed by atoms with van der Waals surface area (Å²) in [5.74, 6) is 0. The molecule has 3 aromatic carbocycles. The highest BCUT2D eigenvalue weighted by atomic mass is 79.9. The van der Waals surface area contributed by atoms with Crippen LogP contribution in [0.25, 0.3) is 21.7 Å². The van der Waals surface area contributed by atoms with Crippen LogP contribution in [0.1, 0.15) is 5.56 Å². The maximum atomic E-state index is 4.89. The Labute approximate surface area is 168 Å². The van der Waals surface area contributed by atoms with Crippen LogP contribution in [0, 0.1) is 6.92 Å². The minimum absolute atomic E-state index is 0. The molecule has 4 heteroatoms. The fourth-order valence-electron chi connectivity index (χ4n) is 2.71. The molecular weight excluding hydrogens is 404 g/mol. The van der Waals surface area contributed by atoms with Crippen molar-refractivity contribution in [3.8, 4) is 21.7 Å². The lowest BCUT2D eigenvalue weighted by Gasteiger charge is -2.03. The van der Waals surface area contributed by atoms with Gasteiger partial charge in [0, 0.05) is 11.3 Å². The van der Waals surface area contributed by atoms with Gasteiger partial charge in [-0.05, 0) is 24.6 Å². The molecule has 1 N–H and O–H groups in total. The highest BCUT2D eigenvalue weighted by Gasteiger charge is 2.15. The van der Waals surface area contributed by atoms with E-state index in [4.69, 9.17) is 4.98 Å². The first-order chi connectivity index (χ1) is 12.3. The van der Waals surface area contributed by atoms with E-state index in [1.807, 2.05) is 24.3 Å². The molecule has 0 aliphatic heterocycles. The molecule has 0 saturated heterocycles. The van der Waals surface area contributed by atoms with Crippen molar-refractivity contribution >= 4 is 22.2 Å². The SMILES string of the molecule is Cc1ccc(-c2nc(Nc3ccccc3)sc2-c2ccccc2)cc1.[Br-]. The van der Waals surface area contributed by atoms with Crippen LogP contribution < -0.4 is 22.3 Å². The first kappa shape index (κ1) is 18.4. The molecule has 1 aromatic heterocycles. The molecule has 2 nitrogen and oxygen atoms in total. The molecule has 4 rings (SSSR count). The third-order valence-electron chi connectivity index (χ3n) is 4.01. The van der Waals surface area contributed by atoms with Gasteiger partial charge in [0.05, 0.1) is 10.6 Å². The lowest BCUT2D eigenvalue weighted by Crippen LogP contribution is -3.00. The third-order valence-corrected chi connectivity index (χ3v) is 5.03. The number of thiazole rings is 1. The summed E-state index contributed by atoms with van der Waals surface area (Å²) in [6, 6.07) is 29.2. The molecule has 0 unspecified atom stereocenters. The Morgan fingerprint density at radius 3 is 2.00 bits per heavy atom. The number of anilines is 2. The first-order valence-electron chi connectivity index (χ1n) is 8.25. The zero-order chi connectivity index (χ0) is 17.1. The molecule has 0 fully saturated rings. The Bertz CT molecular complexity index is 964. The van der Waals surface area contributed by atoms with E-state index < -0.39 is 0 Å². The van der Waals surface area contributed by atoms with Crippen LogP contribution in [0.4, 0.5) is 10.8 Å². The van der Waals surface area contributed by atoms with Gasteiger partial charge in [0.25, 0.3) is 0 Å². The van der Waals surface area contributed by atoms with Crippen molar-refractivity contribution in [1.82, 2.24) is 4.98 Å². The molecule has 0 radical (unpaired) electrons. The van der Waals surface area contributed by atoms with E-state index in [0.29, 0.717) is 0 Å². The van der Waals surface area contributed by atoms with Gasteiger partial charge in [0.2, 0.25) is 0 Å². The molecule has 4 aromatic rings. The Kier molecular flexibility index (Phi) is 5.86. The highest BCUT2D eigenvalue weighted by molar-refractivity contribution is 7.19. The van der Waals surface area contributed by atoms with E-state index in [1.54, 1.807) is 11.3 Å². The van der Waals surface area contributed by atoms with Gasteiger partial charge < -0.3 is 22.3 Å². The van der Waals surface area contributed by atoms with Gasteiger partial charge in [-0.25, -0.2) is 4.98 Å². The Balaban J connectivity index is 0.00000196. The average Bonchev–Trinajstić information content (AvgIpc) is 3.08. The molecule has 1 heterocycles.